The largest absolute Gasteiger partial charge is 0.462 e. The second-order valence-electron chi connectivity index (χ2n) is 3.62. The zero-order valence-electron chi connectivity index (χ0n) is 11.1. The van der Waals surface area contributed by atoms with E-state index < -0.39 is 11.9 Å². The molecule has 1 aromatic rings. The molecule has 0 unspecified atom stereocenters. The summed E-state index contributed by atoms with van der Waals surface area (Å²) in [5.74, 6) is -1.42. The minimum Gasteiger partial charge on any atom is -0.462 e. The molecule has 0 aliphatic rings. The third-order valence-corrected chi connectivity index (χ3v) is 2.34. The van der Waals surface area contributed by atoms with Crippen LogP contribution in [0.1, 0.15) is 50.7 Å². The molecule has 6 heteroatoms. The Morgan fingerprint density at radius 2 is 1.79 bits per heavy atom. The van der Waals surface area contributed by atoms with Crippen molar-refractivity contribution in [1.82, 2.24) is 4.98 Å². The van der Waals surface area contributed by atoms with E-state index >= 15 is 0 Å². The number of ether oxygens (including phenoxy) is 2. The second kappa shape index (κ2) is 6.63. The molecule has 0 spiro atoms. The van der Waals surface area contributed by atoms with Gasteiger partial charge >= 0.3 is 11.9 Å². The van der Waals surface area contributed by atoms with Crippen LogP contribution < -0.4 is 0 Å². The number of rotatable bonds is 5. The number of hydrogen-bond donors (Lipinski definition) is 0. The van der Waals surface area contributed by atoms with E-state index in [1.807, 2.05) is 0 Å². The first-order valence-electron chi connectivity index (χ1n) is 5.86. The fourth-order valence-electron chi connectivity index (χ4n) is 1.46. The molecular formula is C13H15NO5. The molecule has 0 N–H and O–H groups in total. The smallest absolute Gasteiger partial charge is 0.357 e. The third kappa shape index (κ3) is 3.37. The van der Waals surface area contributed by atoms with Crippen LogP contribution in [0.15, 0.2) is 6.07 Å². The van der Waals surface area contributed by atoms with Gasteiger partial charge in [-0.25, -0.2) is 14.6 Å². The summed E-state index contributed by atoms with van der Waals surface area (Å²) in [6.07, 6.45) is 0.569. The molecular weight excluding hydrogens is 250 g/mol. The molecule has 0 fully saturated rings. The topological polar surface area (TPSA) is 82.6 Å². The molecule has 1 aromatic heterocycles. The number of pyridine rings is 1. The lowest BCUT2D eigenvalue weighted by Gasteiger charge is -2.09. The van der Waals surface area contributed by atoms with E-state index in [0.29, 0.717) is 12.0 Å². The molecule has 0 aromatic carbocycles. The zero-order valence-corrected chi connectivity index (χ0v) is 11.1. The van der Waals surface area contributed by atoms with Crippen molar-refractivity contribution in [3.8, 4) is 0 Å². The van der Waals surface area contributed by atoms with Gasteiger partial charge in [0.1, 0.15) is 0 Å². The molecule has 0 bridgehead atoms. The maximum absolute atomic E-state index is 11.8. The Balaban J connectivity index is 3.33. The summed E-state index contributed by atoms with van der Waals surface area (Å²) in [6, 6.07) is 1.29. The Bertz CT molecular complexity index is 510. The van der Waals surface area contributed by atoms with Gasteiger partial charge in [-0.2, -0.15) is 0 Å². The molecule has 0 saturated heterocycles. The van der Waals surface area contributed by atoms with Gasteiger partial charge in [0.15, 0.2) is 12.0 Å². The molecule has 1 heterocycles. The van der Waals surface area contributed by atoms with E-state index in [1.165, 1.54) is 6.07 Å². The van der Waals surface area contributed by atoms with E-state index in [1.54, 1.807) is 20.8 Å². The average molecular weight is 265 g/mol. The lowest BCUT2D eigenvalue weighted by Crippen LogP contribution is -2.17. The van der Waals surface area contributed by atoms with Gasteiger partial charge in [0.2, 0.25) is 0 Å². The van der Waals surface area contributed by atoms with Gasteiger partial charge in [-0.15, -0.1) is 0 Å². The first kappa shape index (κ1) is 14.8. The molecule has 0 radical (unpaired) electrons. The Hall–Kier alpha value is -2.24. The number of aromatic nitrogens is 1. The summed E-state index contributed by atoms with van der Waals surface area (Å²) in [4.78, 5) is 38.3. The first-order valence-corrected chi connectivity index (χ1v) is 5.86. The monoisotopic (exact) mass is 265 g/mol. The van der Waals surface area contributed by atoms with Gasteiger partial charge in [-0.1, -0.05) is 0 Å². The highest BCUT2D eigenvalue weighted by atomic mass is 16.5. The summed E-state index contributed by atoms with van der Waals surface area (Å²) in [5.41, 5.74) is 0.388. The number of carbonyl (C=O) groups is 3. The van der Waals surface area contributed by atoms with Crippen molar-refractivity contribution in [3.05, 3.63) is 28.6 Å². The van der Waals surface area contributed by atoms with Gasteiger partial charge in [-0.05, 0) is 26.8 Å². The number of esters is 2. The van der Waals surface area contributed by atoms with Crippen LogP contribution in [0.3, 0.4) is 0 Å². The van der Waals surface area contributed by atoms with Gasteiger partial charge in [0, 0.05) is 11.3 Å². The van der Waals surface area contributed by atoms with Crippen molar-refractivity contribution >= 4 is 18.2 Å². The predicted octanol–water partition coefficient (Wildman–Crippen LogP) is 1.56. The standard InChI is InChI=1S/C13H15NO5/c1-4-18-12(16)10-6-9(7-15)8(3)14-11(10)13(17)19-5-2/h6-7H,4-5H2,1-3H3. The van der Waals surface area contributed by atoms with Crippen molar-refractivity contribution in [1.29, 1.82) is 0 Å². The maximum atomic E-state index is 11.8. The van der Waals surface area contributed by atoms with Gasteiger partial charge in [0.05, 0.1) is 18.8 Å². The summed E-state index contributed by atoms with van der Waals surface area (Å²) < 4.78 is 9.66. The molecule has 102 valence electrons. The fourth-order valence-corrected chi connectivity index (χ4v) is 1.46. The highest BCUT2D eigenvalue weighted by molar-refractivity contribution is 6.03. The van der Waals surface area contributed by atoms with Crippen molar-refractivity contribution in [2.75, 3.05) is 13.2 Å². The van der Waals surface area contributed by atoms with Crippen LogP contribution in [-0.2, 0) is 9.47 Å². The van der Waals surface area contributed by atoms with Crippen LogP contribution in [0, 0.1) is 6.92 Å². The van der Waals surface area contributed by atoms with Crippen molar-refractivity contribution < 1.29 is 23.9 Å². The molecule has 0 saturated carbocycles. The van der Waals surface area contributed by atoms with E-state index in [0.717, 1.165) is 0 Å². The molecule has 0 aliphatic heterocycles. The van der Waals surface area contributed by atoms with Crippen molar-refractivity contribution in [2.24, 2.45) is 0 Å². The molecule has 0 atom stereocenters. The van der Waals surface area contributed by atoms with Crippen LogP contribution in [0.4, 0.5) is 0 Å². The van der Waals surface area contributed by atoms with Crippen LogP contribution in [0.2, 0.25) is 0 Å². The van der Waals surface area contributed by atoms with Crippen molar-refractivity contribution in [2.45, 2.75) is 20.8 Å². The number of carbonyl (C=O) groups excluding carboxylic acids is 3. The lowest BCUT2D eigenvalue weighted by molar-refractivity contribution is 0.0473. The van der Waals surface area contributed by atoms with E-state index in [4.69, 9.17) is 9.47 Å². The molecule has 6 nitrogen and oxygen atoms in total. The van der Waals surface area contributed by atoms with Gasteiger partial charge < -0.3 is 9.47 Å². The molecule has 1 rings (SSSR count). The number of aldehydes is 1. The predicted molar refractivity (Wildman–Crippen MR) is 66.3 cm³/mol. The Morgan fingerprint density at radius 3 is 2.32 bits per heavy atom. The summed E-state index contributed by atoms with van der Waals surface area (Å²) in [7, 11) is 0. The molecule has 19 heavy (non-hydrogen) atoms. The SMILES string of the molecule is CCOC(=O)c1cc(C=O)c(C)nc1C(=O)OCC. The van der Waals surface area contributed by atoms with Crippen LogP contribution in [0.5, 0.6) is 0 Å². The van der Waals surface area contributed by atoms with E-state index in [9.17, 15) is 14.4 Å². The van der Waals surface area contributed by atoms with Gasteiger partial charge in [-0.3, -0.25) is 4.79 Å². The van der Waals surface area contributed by atoms with E-state index in [-0.39, 0.29) is 30.0 Å². The summed E-state index contributed by atoms with van der Waals surface area (Å²) in [6.45, 7) is 5.18. The first-order chi connectivity index (χ1) is 9.04. The minimum atomic E-state index is -0.717. The van der Waals surface area contributed by atoms with E-state index in [2.05, 4.69) is 4.98 Å². The van der Waals surface area contributed by atoms with Crippen molar-refractivity contribution in [3.63, 3.8) is 0 Å². The highest BCUT2D eigenvalue weighted by Crippen LogP contribution is 2.14. The number of nitrogens with zero attached hydrogens (tertiary/aromatic N) is 1. The van der Waals surface area contributed by atoms with Crippen LogP contribution in [0.25, 0.3) is 0 Å². The van der Waals surface area contributed by atoms with Crippen LogP contribution in [-0.4, -0.2) is 36.4 Å². The highest BCUT2D eigenvalue weighted by Gasteiger charge is 2.22. The fraction of sp³-hybridized carbons (Fsp3) is 0.385. The third-order valence-electron chi connectivity index (χ3n) is 2.34. The molecule has 0 aliphatic carbocycles. The summed E-state index contributed by atoms with van der Waals surface area (Å²) >= 11 is 0. The average Bonchev–Trinajstić information content (AvgIpc) is 2.38. The second-order valence-corrected chi connectivity index (χ2v) is 3.62. The summed E-state index contributed by atoms with van der Waals surface area (Å²) in [5, 5.41) is 0. The minimum absolute atomic E-state index is 0.0620. The number of aryl methyl sites for hydroxylation is 1. The normalized spacial score (nSPS) is 9.84. The van der Waals surface area contributed by atoms with Crippen LogP contribution >= 0.6 is 0 Å². The van der Waals surface area contributed by atoms with Gasteiger partial charge in [0.25, 0.3) is 0 Å². The maximum Gasteiger partial charge on any atom is 0.357 e. The Kier molecular flexibility index (Phi) is 5.17. The zero-order chi connectivity index (χ0) is 14.4. The lowest BCUT2D eigenvalue weighted by atomic mass is 10.1. The quantitative estimate of drug-likeness (QED) is 0.593. The molecule has 0 amide bonds. The Morgan fingerprint density at radius 1 is 1.21 bits per heavy atom. The Labute approximate surface area is 110 Å². The number of hydrogen-bond acceptors (Lipinski definition) is 6.